The number of halogens is 2. The lowest BCUT2D eigenvalue weighted by Gasteiger charge is -2.21. The molecule has 2 N–H and O–H groups in total. The summed E-state index contributed by atoms with van der Waals surface area (Å²) >= 11 is 5.95. The van der Waals surface area contributed by atoms with E-state index in [9.17, 15) is 14.0 Å². The number of amides is 2. The summed E-state index contributed by atoms with van der Waals surface area (Å²) in [6.45, 7) is 2.35. The minimum Gasteiger partial charge on any atom is -0.481 e. The first kappa shape index (κ1) is 15.6. The van der Waals surface area contributed by atoms with E-state index in [1.165, 1.54) is 23.1 Å². The van der Waals surface area contributed by atoms with Gasteiger partial charge in [0.05, 0.1) is 12.0 Å². The van der Waals surface area contributed by atoms with Crippen LogP contribution in [0.5, 0.6) is 0 Å². The number of hydrogen-bond donors (Lipinski definition) is 2. The maximum Gasteiger partial charge on any atom is 0.317 e. The molecule has 1 aromatic carbocycles. The lowest BCUT2D eigenvalue weighted by Crippen LogP contribution is -2.40. The number of urea groups is 1. The first-order valence-corrected chi connectivity index (χ1v) is 6.99. The summed E-state index contributed by atoms with van der Waals surface area (Å²) in [5, 5.41) is 11.9. The molecule has 5 nitrogen and oxygen atoms in total. The second-order valence-corrected chi connectivity index (χ2v) is 5.51. The SMILES string of the molecule is CC(NC(=O)N1CCC(C(=O)O)C1)c1ccc(F)cc1Cl. The van der Waals surface area contributed by atoms with Crippen molar-refractivity contribution < 1.29 is 19.1 Å². The number of nitrogens with one attached hydrogen (secondary N) is 1. The Morgan fingerprint density at radius 2 is 2.24 bits per heavy atom. The number of carbonyl (C=O) groups excluding carboxylic acids is 1. The highest BCUT2D eigenvalue weighted by Crippen LogP contribution is 2.24. The van der Waals surface area contributed by atoms with Gasteiger partial charge in [-0.05, 0) is 31.0 Å². The Labute approximate surface area is 126 Å². The van der Waals surface area contributed by atoms with Crippen molar-refractivity contribution >= 4 is 23.6 Å². The number of hydrogen-bond acceptors (Lipinski definition) is 2. The molecule has 0 aromatic heterocycles. The Morgan fingerprint density at radius 3 is 2.81 bits per heavy atom. The average Bonchev–Trinajstić information content (AvgIpc) is 2.88. The average molecular weight is 315 g/mol. The van der Waals surface area contributed by atoms with E-state index in [0.717, 1.165) is 0 Å². The molecule has 0 aliphatic carbocycles. The minimum atomic E-state index is -0.889. The maximum absolute atomic E-state index is 13.0. The number of likely N-dealkylation sites (tertiary alicyclic amines) is 1. The number of carboxylic acid groups (broad SMARTS) is 1. The first-order valence-electron chi connectivity index (χ1n) is 6.61. The topological polar surface area (TPSA) is 69.6 Å². The van der Waals surface area contributed by atoms with E-state index < -0.39 is 23.7 Å². The van der Waals surface area contributed by atoms with E-state index in [1.54, 1.807) is 6.92 Å². The molecule has 2 atom stereocenters. The molecule has 1 aliphatic heterocycles. The lowest BCUT2D eigenvalue weighted by molar-refractivity contribution is -0.141. The van der Waals surface area contributed by atoms with Gasteiger partial charge in [0, 0.05) is 18.1 Å². The summed E-state index contributed by atoms with van der Waals surface area (Å²) in [4.78, 5) is 24.4. The number of rotatable bonds is 3. The van der Waals surface area contributed by atoms with Gasteiger partial charge in [-0.15, -0.1) is 0 Å². The van der Waals surface area contributed by atoms with Crippen LogP contribution in [0.3, 0.4) is 0 Å². The molecular weight excluding hydrogens is 299 g/mol. The van der Waals surface area contributed by atoms with Crippen molar-refractivity contribution in [2.45, 2.75) is 19.4 Å². The Bertz CT molecular complexity index is 567. The minimum absolute atomic E-state index is 0.199. The zero-order valence-electron chi connectivity index (χ0n) is 11.5. The summed E-state index contributed by atoms with van der Waals surface area (Å²) in [7, 11) is 0. The van der Waals surface area contributed by atoms with Crippen LogP contribution in [0.25, 0.3) is 0 Å². The van der Waals surface area contributed by atoms with Crippen molar-refractivity contribution in [2.75, 3.05) is 13.1 Å². The van der Waals surface area contributed by atoms with Crippen molar-refractivity contribution in [3.63, 3.8) is 0 Å². The highest BCUT2D eigenvalue weighted by molar-refractivity contribution is 6.31. The number of carboxylic acids is 1. The maximum atomic E-state index is 13.0. The number of aliphatic carboxylic acids is 1. The van der Waals surface area contributed by atoms with Crippen molar-refractivity contribution in [2.24, 2.45) is 5.92 Å². The Morgan fingerprint density at radius 1 is 1.52 bits per heavy atom. The molecule has 0 bridgehead atoms. The smallest absolute Gasteiger partial charge is 0.317 e. The van der Waals surface area contributed by atoms with Crippen LogP contribution in [0.15, 0.2) is 18.2 Å². The van der Waals surface area contributed by atoms with E-state index in [2.05, 4.69) is 5.32 Å². The summed E-state index contributed by atoms with van der Waals surface area (Å²) < 4.78 is 13.0. The van der Waals surface area contributed by atoms with Crippen molar-refractivity contribution in [1.82, 2.24) is 10.2 Å². The van der Waals surface area contributed by atoms with Crippen LogP contribution in [-0.4, -0.2) is 35.1 Å². The molecule has 1 heterocycles. The van der Waals surface area contributed by atoms with Crippen LogP contribution >= 0.6 is 11.6 Å². The molecule has 0 saturated carbocycles. The molecular formula is C14H16ClFN2O3. The van der Waals surface area contributed by atoms with Crippen LogP contribution in [-0.2, 0) is 4.79 Å². The van der Waals surface area contributed by atoms with Gasteiger partial charge in [0.1, 0.15) is 5.82 Å². The second kappa shape index (κ2) is 6.30. The highest BCUT2D eigenvalue weighted by atomic mass is 35.5. The molecule has 21 heavy (non-hydrogen) atoms. The molecule has 7 heteroatoms. The number of carbonyl (C=O) groups is 2. The van der Waals surface area contributed by atoms with Crippen LogP contribution in [0.2, 0.25) is 5.02 Å². The van der Waals surface area contributed by atoms with Crippen molar-refractivity contribution in [3.05, 3.63) is 34.6 Å². The van der Waals surface area contributed by atoms with Gasteiger partial charge in [-0.3, -0.25) is 4.79 Å². The summed E-state index contributed by atoms with van der Waals surface area (Å²) in [5.74, 6) is -1.84. The molecule has 2 unspecified atom stereocenters. The Kier molecular flexibility index (Phi) is 4.67. The highest BCUT2D eigenvalue weighted by Gasteiger charge is 2.31. The molecule has 2 amide bonds. The standard InChI is InChI=1S/C14H16ClFN2O3/c1-8(11-3-2-10(16)6-12(11)15)17-14(21)18-5-4-9(7-18)13(19)20/h2-3,6,8-9H,4-5,7H2,1H3,(H,17,21)(H,19,20). The van der Waals surface area contributed by atoms with Crippen LogP contribution in [0, 0.1) is 11.7 Å². The van der Waals surface area contributed by atoms with Crippen molar-refractivity contribution in [1.29, 1.82) is 0 Å². The molecule has 0 radical (unpaired) electrons. The predicted octanol–water partition coefficient (Wildman–Crippen LogP) is 2.66. The van der Waals surface area contributed by atoms with Crippen LogP contribution < -0.4 is 5.32 Å². The fourth-order valence-corrected chi connectivity index (χ4v) is 2.68. The third-order valence-electron chi connectivity index (χ3n) is 3.59. The third-order valence-corrected chi connectivity index (χ3v) is 3.92. The normalized spacial score (nSPS) is 19.4. The van der Waals surface area contributed by atoms with Crippen LogP contribution in [0.4, 0.5) is 9.18 Å². The lowest BCUT2D eigenvalue weighted by atomic mass is 10.1. The van der Waals surface area contributed by atoms with Crippen LogP contribution in [0.1, 0.15) is 24.9 Å². The zero-order valence-corrected chi connectivity index (χ0v) is 12.2. The third kappa shape index (κ3) is 3.64. The van der Waals surface area contributed by atoms with E-state index in [-0.39, 0.29) is 17.6 Å². The molecule has 0 spiro atoms. The Hall–Kier alpha value is -1.82. The quantitative estimate of drug-likeness (QED) is 0.901. The molecule has 1 fully saturated rings. The first-order chi connectivity index (χ1) is 9.88. The molecule has 2 rings (SSSR count). The van der Waals surface area contributed by atoms with Gasteiger partial charge < -0.3 is 15.3 Å². The van der Waals surface area contributed by atoms with E-state index in [0.29, 0.717) is 18.5 Å². The molecule has 1 aromatic rings. The summed E-state index contributed by atoms with van der Waals surface area (Å²) in [5.41, 5.74) is 0.611. The zero-order chi connectivity index (χ0) is 15.6. The fraction of sp³-hybridized carbons (Fsp3) is 0.429. The molecule has 1 aliphatic rings. The van der Waals surface area contributed by atoms with Gasteiger partial charge >= 0.3 is 12.0 Å². The predicted molar refractivity (Wildman–Crippen MR) is 75.7 cm³/mol. The van der Waals surface area contributed by atoms with E-state index in [1.807, 2.05) is 0 Å². The van der Waals surface area contributed by atoms with Gasteiger partial charge in [0.25, 0.3) is 0 Å². The van der Waals surface area contributed by atoms with Gasteiger partial charge in [0.2, 0.25) is 0 Å². The van der Waals surface area contributed by atoms with Gasteiger partial charge in [0.15, 0.2) is 0 Å². The van der Waals surface area contributed by atoms with Gasteiger partial charge in [-0.2, -0.15) is 0 Å². The monoisotopic (exact) mass is 314 g/mol. The van der Waals surface area contributed by atoms with Gasteiger partial charge in [-0.1, -0.05) is 17.7 Å². The largest absolute Gasteiger partial charge is 0.481 e. The fourth-order valence-electron chi connectivity index (χ4n) is 2.35. The van der Waals surface area contributed by atoms with E-state index in [4.69, 9.17) is 16.7 Å². The number of benzene rings is 1. The van der Waals surface area contributed by atoms with Crippen molar-refractivity contribution in [3.8, 4) is 0 Å². The van der Waals surface area contributed by atoms with E-state index >= 15 is 0 Å². The Balaban J connectivity index is 1.98. The molecule has 114 valence electrons. The molecule has 1 saturated heterocycles. The van der Waals surface area contributed by atoms with Gasteiger partial charge in [-0.25, -0.2) is 9.18 Å². The second-order valence-electron chi connectivity index (χ2n) is 5.11. The number of nitrogens with zero attached hydrogens (tertiary/aromatic N) is 1. The summed E-state index contributed by atoms with van der Waals surface area (Å²) in [6, 6.07) is 3.25. The summed E-state index contributed by atoms with van der Waals surface area (Å²) in [6.07, 6.45) is 0.453.